The Morgan fingerprint density at radius 2 is 1.83 bits per heavy atom. The molecule has 0 saturated carbocycles. The minimum Gasteiger partial charge on any atom is -0.329 e. The Hall–Kier alpha value is -0.160. The van der Waals surface area contributed by atoms with Crippen LogP contribution in [0.5, 0.6) is 0 Å². The van der Waals surface area contributed by atoms with Crippen molar-refractivity contribution in [2.45, 2.75) is 38.3 Å². The molecule has 4 nitrogen and oxygen atoms in total. The molecule has 2 N–H and O–H groups in total. The van der Waals surface area contributed by atoms with E-state index < -0.39 is 0 Å². The maximum absolute atomic E-state index is 6.17. The molecule has 2 unspecified atom stereocenters. The molecule has 0 aromatic heterocycles. The summed E-state index contributed by atoms with van der Waals surface area (Å²) in [7, 11) is 2.24. The minimum atomic E-state index is 0.270. The van der Waals surface area contributed by atoms with E-state index in [4.69, 9.17) is 5.73 Å². The van der Waals surface area contributed by atoms with Crippen LogP contribution in [0.25, 0.3) is 0 Å². The second-order valence-electron chi connectivity index (χ2n) is 6.13. The van der Waals surface area contributed by atoms with Crippen molar-refractivity contribution in [3.05, 3.63) is 0 Å². The molecule has 106 valence electrons. The van der Waals surface area contributed by atoms with E-state index in [1.807, 2.05) is 0 Å². The van der Waals surface area contributed by atoms with Gasteiger partial charge in [-0.15, -0.1) is 0 Å². The summed E-state index contributed by atoms with van der Waals surface area (Å²) in [4.78, 5) is 7.69. The molecule has 4 heteroatoms. The third-order valence-corrected chi connectivity index (χ3v) is 5.23. The Labute approximate surface area is 112 Å². The number of nitrogens with zero attached hydrogens (tertiary/aromatic N) is 3. The second kappa shape index (κ2) is 5.87. The van der Waals surface area contributed by atoms with Crippen molar-refractivity contribution in [3.8, 4) is 0 Å². The van der Waals surface area contributed by atoms with Gasteiger partial charge in [-0.25, -0.2) is 0 Å². The first-order valence-corrected chi connectivity index (χ1v) is 7.49. The Morgan fingerprint density at radius 1 is 1.17 bits per heavy atom. The summed E-state index contributed by atoms with van der Waals surface area (Å²) >= 11 is 0. The van der Waals surface area contributed by atoms with Crippen LogP contribution in [0.3, 0.4) is 0 Å². The molecular formula is C14H30N4. The van der Waals surface area contributed by atoms with Gasteiger partial charge in [-0.1, -0.05) is 6.92 Å². The Balaban J connectivity index is 2.00. The summed E-state index contributed by atoms with van der Waals surface area (Å²) in [6.07, 6.45) is 2.46. The molecular weight excluding hydrogens is 224 g/mol. The zero-order valence-corrected chi connectivity index (χ0v) is 12.4. The van der Waals surface area contributed by atoms with Gasteiger partial charge in [0.1, 0.15) is 0 Å². The summed E-state index contributed by atoms with van der Waals surface area (Å²) in [6, 6.07) is 0.659. The van der Waals surface area contributed by atoms with Gasteiger partial charge in [-0.3, -0.25) is 4.90 Å². The lowest BCUT2D eigenvalue weighted by Crippen LogP contribution is -2.64. The molecule has 0 amide bonds. The Bertz CT molecular complexity index is 263. The van der Waals surface area contributed by atoms with E-state index in [0.717, 1.165) is 6.54 Å². The fourth-order valence-corrected chi connectivity index (χ4v) is 3.55. The van der Waals surface area contributed by atoms with Crippen molar-refractivity contribution >= 4 is 0 Å². The molecule has 2 fully saturated rings. The third kappa shape index (κ3) is 2.72. The first-order valence-electron chi connectivity index (χ1n) is 7.49. The number of likely N-dealkylation sites (N-methyl/N-ethyl adjacent to an activating group) is 1. The van der Waals surface area contributed by atoms with Gasteiger partial charge in [0.25, 0.3) is 0 Å². The van der Waals surface area contributed by atoms with Crippen LogP contribution in [0.1, 0.15) is 26.7 Å². The third-order valence-electron chi connectivity index (χ3n) is 5.23. The van der Waals surface area contributed by atoms with E-state index in [9.17, 15) is 0 Å². The van der Waals surface area contributed by atoms with Gasteiger partial charge in [0, 0.05) is 44.3 Å². The number of piperazine rings is 1. The molecule has 0 radical (unpaired) electrons. The number of likely N-dealkylation sites (tertiary alicyclic amines) is 1. The Morgan fingerprint density at radius 3 is 2.33 bits per heavy atom. The predicted octanol–water partition coefficient (Wildman–Crippen LogP) is 0.436. The molecule has 0 aromatic rings. The summed E-state index contributed by atoms with van der Waals surface area (Å²) in [5.41, 5.74) is 6.44. The topological polar surface area (TPSA) is 35.7 Å². The largest absolute Gasteiger partial charge is 0.329 e. The summed E-state index contributed by atoms with van der Waals surface area (Å²) in [5, 5.41) is 0. The van der Waals surface area contributed by atoms with Crippen molar-refractivity contribution in [3.63, 3.8) is 0 Å². The first-order chi connectivity index (χ1) is 8.61. The minimum absolute atomic E-state index is 0.270. The van der Waals surface area contributed by atoms with E-state index in [0.29, 0.717) is 6.04 Å². The molecule has 18 heavy (non-hydrogen) atoms. The molecule has 0 aliphatic carbocycles. The highest BCUT2D eigenvalue weighted by molar-refractivity contribution is 4.99. The molecule has 2 rings (SSSR count). The van der Waals surface area contributed by atoms with Crippen LogP contribution < -0.4 is 5.73 Å². The number of nitrogens with two attached hydrogens (primary N) is 1. The highest BCUT2D eigenvalue weighted by Crippen LogP contribution is 2.31. The lowest BCUT2D eigenvalue weighted by Gasteiger charge is -2.52. The van der Waals surface area contributed by atoms with Crippen molar-refractivity contribution in [2.75, 3.05) is 52.9 Å². The fraction of sp³-hybridized carbons (Fsp3) is 1.00. The Kier molecular flexibility index (Phi) is 4.64. The quantitative estimate of drug-likeness (QED) is 0.792. The van der Waals surface area contributed by atoms with E-state index in [1.54, 1.807) is 0 Å². The van der Waals surface area contributed by atoms with Crippen molar-refractivity contribution < 1.29 is 0 Å². The lowest BCUT2D eigenvalue weighted by molar-refractivity contribution is -0.0166. The van der Waals surface area contributed by atoms with E-state index >= 15 is 0 Å². The van der Waals surface area contributed by atoms with Crippen LogP contribution >= 0.6 is 0 Å². The molecule has 0 spiro atoms. The maximum atomic E-state index is 6.17. The van der Waals surface area contributed by atoms with Gasteiger partial charge < -0.3 is 15.5 Å². The van der Waals surface area contributed by atoms with Gasteiger partial charge >= 0.3 is 0 Å². The van der Waals surface area contributed by atoms with Crippen LogP contribution in [0, 0.1) is 0 Å². The number of hydrogen-bond donors (Lipinski definition) is 1. The average molecular weight is 254 g/mol. The SMILES string of the molecule is CCN1CCN(C2(CN)CCN(C)C(C)C2)CC1. The lowest BCUT2D eigenvalue weighted by atomic mass is 9.81. The van der Waals surface area contributed by atoms with E-state index in [2.05, 4.69) is 35.6 Å². The van der Waals surface area contributed by atoms with Crippen molar-refractivity contribution in [1.29, 1.82) is 0 Å². The second-order valence-corrected chi connectivity index (χ2v) is 6.13. The molecule has 0 aromatic carbocycles. The highest BCUT2D eigenvalue weighted by atomic mass is 15.3. The smallest absolute Gasteiger partial charge is 0.0359 e. The van der Waals surface area contributed by atoms with Gasteiger partial charge in [0.2, 0.25) is 0 Å². The van der Waals surface area contributed by atoms with Crippen LogP contribution in [0.2, 0.25) is 0 Å². The molecule has 2 saturated heterocycles. The molecule has 0 bridgehead atoms. The maximum Gasteiger partial charge on any atom is 0.0359 e. The number of hydrogen-bond acceptors (Lipinski definition) is 4. The first kappa shape index (κ1) is 14.3. The van der Waals surface area contributed by atoms with Gasteiger partial charge in [0.05, 0.1) is 0 Å². The van der Waals surface area contributed by atoms with Crippen molar-refractivity contribution in [2.24, 2.45) is 5.73 Å². The zero-order valence-electron chi connectivity index (χ0n) is 12.4. The molecule has 2 atom stereocenters. The normalized spacial score (nSPS) is 37.0. The molecule has 2 aliphatic heterocycles. The van der Waals surface area contributed by atoms with Crippen LogP contribution in [-0.2, 0) is 0 Å². The summed E-state index contributed by atoms with van der Waals surface area (Å²) in [5.74, 6) is 0. The zero-order chi connectivity index (χ0) is 13.2. The fourth-order valence-electron chi connectivity index (χ4n) is 3.55. The summed E-state index contributed by atoms with van der Waals surface area (Å²) in [6.45, 7) is 12.6. The molecule has 2 heterocycles. The summed E-state index contributed by atoms with van der Waals surface area (Å²) < 4.78 is 0. The van der Waals surface area contributed by atoms with Gasteiger partial charge in [-0.05, 0) is 39.9 Å². The van der Waals surface area contributed by atoms with Gasteiger partial charge in [-0.2, -0.15) is 0 Å². The highest BCUT2D eigenvalue weighted by Gasteiger charge is 2.41. The van der Waals surface area contributed by atoms with Gasteiger partial charge in [0.15, 0.2) is 0 Å². The van der Waals surface area contributed by atoms with Crippen LogP contribution in [-0.4, -0.2) is 79.1 Å². The average Bonchev–Trinajstić information content (AvgIpc) is 2.42. The van der Waals surface area contributed by atoms with Crippen LogP contribution in [0.15, 0.2) is 0 Å². The van der Waals surface area contributed by atoms with Crippen LogP contribution in [0.4, 0.5) is 0 Å². The van der Waals surface area contributed by atoms with Crippen molar-refractivity contribution in [1.82, 2.24) is 14.7 Å². The van der Waals surface area contributed by atoms with E-state index in [1.165, 1.54) is 52.1 Å². The number of rotatable bonds is 3. The number of piperidine rings is 1. The predicted molar refractivity (Wildman–Crippen MR) is 76.8 cm³/mol. The van der Waals surface area contributed by atoms with E-state index in [-0.39, 0.29) is 5.54 Å². The molecule has 2 aliphatic rings. The standard InChI is InChI=1S/C14H30N4/c1-4-17-7-9-18(10-8-17)14(12-15)5-6-16(3)13(2)11-14/h13H,4-12,15H2,1-3H3. The monoisotopic (exact) mass is 254 g/mol.